The van der Waals surface area contributed by atoms with Gasteiger partial charge in [-0.2, -0.15) is 0 Å². The second-order valence-electron chi connectivity index (χ2n) is 5.37. The summed E-state index contributed by atoms with van der Waals surface area (Å²) in [6.07, 6.45) is 0.603. The quantitative estimate of drug-likeness (QED) is 0.671. The van der Waals surface area contributed by atoms with E-state index in [2.05, 4.69) is 10.0 Å². The number of ether oxygens (including phenoxy) is 1. The summed E-state index contributed by atoms with van der Waals surface area (Å²) in [7, 11) is -1.98. The normalized spacial score (nSPS) is 11.6. The average molecular weight is 328 g/mol. The van der Waals surface area contributed by atoms with Gasteiger partial charge in [-0.15, -0.1) is 0 Å². The number of sulfonamides is 1. The molecule has 0 spiro atoms. The number of hydrogen-bond acceptors (Lipinski definition) is 4. The summed E-state index contributed by atoms with van der Waals surface area (Å²) in [4.78, 5) is 12.0. The highest BCUT2D eigenvalue weighted by Gasteiger charge is 2.14. The van der Waals surface area contributed by atoms with Crippen LogP contribution < -0.4 is 10.0 Å². The van der Waals surface area contributed by atoms with Crippen LogP contribution in [0.25, 0.3) is 0 Å². The molecule has 0 bridgehead atoms. The lowest BCUT2D eigenvalue weighted by atomic mass is 10.2. The van der Waals surface area contributed by atoms with Crippen molar-refractivity contribution in [2.45, 2.75) is 25.2 Å². The van der Waals surface area contributed by atoms with Crippen molar-refractivity contribution in [3.63, 3.8) is 0 Å². The Morgan fingerprint density at radius 3 is 2.41 bits per heavy atom. The zero-order valence-corrected chi connectivity index (χ0v) is 14.1. The van der Waals surface area contributed by atoms with Crippen molar-refractivity contribution in [1.29, 1.82) is 0 Å². The van der Waals surface area contributed by atoms with Crippen LogP contribution in [0.15, 0.2) is 29.2 Å². The number of nitrogens with one attached hydrogen (secondary N) is 2. The van der Waals surface area contributed by atoms with E-state index < -0.39 is 10.0 Å². The van der Waals surface area contributed by atoms with Gasteiger partial charge in [-0.25, -0.2) is 13.1 Å². The molecule has 1 amide bonds. The van der Waals surface area contributed by atoms with E-state index in [1.54, 1.807) is 7.11 Å². The Hall–Kier alpha value is -1.44. The Kier molecular flexibility index (Phi) is 7.50. The molecule has 6 nitrogen and oxygen atoms in total. The van der Waals surface area contributed by atoms with E-state index >= 15 is 0 Å². The first-order chi connectivity index (χ1) is 10.4. The monoisotopic (exact) mass is 328 g/mol. The Bertz CT molecular complexity index is 568. The van der Waals surface area contributed by atoms with Crippen LogP contribution in [0.4, 0.5) is 0 Å². The number of carbonyl (C=O) groups excluding carboxylic acids is 1. The molecule has 1 rings (SSSR count). The fourth-order valence-corrected chi connectivity index (χ4v) is 2.76. The minimum Gasteiger partial charge on any atom is -0.385 e. The summed E-state index contributed by atoms with van der Waals surface area (Å²) >= 11 is 0. The maximum absolute atomic E-state index is 12.0. The summed E-state index contributed by atoms with van der Waals surface area (Å²) in [5.41, 5.74) is 0.444. The van der Waals surface area contributed by atoms with Crippen molar-refractivity contribution < 1.29 is 17.9 Å². The Morgan fingerprint density at radius 2 is 1.86 bits per heavy atom. The van der Waals surface area contributed by atoms with Gasteiger partial charge in [0.25, 0.3) is 5.91 Å². The second-order valence-corrected chi connectivity index (χ2v) is 7.14. The van der Waals surface area contributed by atoms with Crippen LogP contribution in [0.5, 0.6) is 0 Å². The largest absolute Gasteiger partial charge is 0.385 e. The van der Waals surface area contributed by atoms with E-state index in [1.165, 1.54) is 24.3 Å². The molecular weight excluding hydrogens is 304 g/mol. The summed E-state index contributed by atoms with van der Waals surface area (Å²) in [5, 5.41) is 2.79. The molecule has 0 heterocycles. The molecule has 0 saturated heterocycles. The molecule has 0 saturated carbocycles. The third kappa shape index (κ3) is 6.13. The molecule has 2 N–H and O–H groups in total. The van der Waals surface area contributed by atoms with Crippen molar-refractivity contribution in [3.05, 3.63) is 29.8 Å². The zero-order valence-electron chi connectivity index (χ0n) is 13.3. The van der Waals surface area contributed by atoms with Crippen molar-refractivity contribution in [2.24, 2.45) is 5.92 Å². The number of hydrogen-bond donors (Lipinski definition) is 2. The lowest BCUT2D eigenvalue weighted by Gasteiger charge is -2.09. The fraction of sp³-hybridized carbons (Fsp3) is 0.533. The van der Waals surface area contributed by atoms with E-state index in [4.69, 9.17) is 4.74 Å². The van der Waals surface area contributed by atoms with E-state index in [0.29, 0.717) is 37.6 Å². The summed E-state index contributed by atoms with van der Waals surface area (Å²) in [6.45, 7) is 5.40. The number of rotatable bonds is 9. The van der Waals surface area contributed by atoms with Crippen molar-refractivity contribution in [2.75, 3.05) is 26.8 Å². The lowest BCUT2D eigenvalue weighted by molar-refractivity contribution is 0.0949. The van der Waals surface area contributed by atoms with Crippen LogP contribution >= 0.6 is 0 Å². The van der Waals surface area contributed by atoms with Gasteiger partial charge in [0.15, 0.2) is 0 Å². The number of benzene rings is 1. The molecule has 0 aliphatic carbocycles. The summed E-state index contributed by atoms with van der Waals surface area (Å²) in [6, 6.07) is 5.89. The topological polar surface area (TPSA) is 84.5 Å². The first-order valence-corrected chi connectivity index (χ1v) is 8.72. The molecular formula is C15H24N2O4S. The average Bonchev–Trinajstić information content (AvgIpc) is 2.49. The molecule has 0 fully saturated rings. The van der Waals surface area contributed by atoms with Crippen molar-refractivity contribution in [1.82, 2.24) is 10.0 Å². The zero-order chi connectivity index (χ0) is 16.6. The third-order valence-corrected chi connectivity index (χ3v) is 4.39. The third-order valence-electron chi connectivity index (χ3n) is 2.91. The molecule has 124 valence electrons. The highest BCUT2D eigenvalue weighted by atomic mass is 32.2. The number of methoxy groups -OCH3 is 1. The van der Waals surface area contributed by atoms with Crippen LogP contribution in [0, 0.1) is 5.92 Å². The standard InChI is InChI=1S/C15H24N2O4S/c1-12(2)11-16-15(18)13-5-7-14(8-6-13)22(19,20)17-9-4-10-21-3/h5-8,12,17H,4,9-11H2,1-3H3,(H,16,18). The molecule has 22 heavy (non-hydrogen) atoms. The summed E-state index contributed by atoms with van der Waals surface area (Å²) < 4.78 is 31.4. The van der Waals surface area contributed by atoms with E-state index in [0.717, 1.165) is 0 Å². The molecule has 0 aromatic heterocycles. The smallest absolute Gasteiger partial charge is 0.251 e. The van der Waals surface area contributed by atoms with Crippen LogP contribution in [0.1, 0.15) is 30.6 Å². The SMILES string of the molecule is COCCCNS(=O)(=O)c1ccc(C(=O)NCC(C)C)cc1. The first-order valence-electron chi connectivity index (χ1n) is 7.23. The highest BCUT2D eigenvalue weighted by Crippen LogP contribution is 2.10. The van der Waals surface area contributed by atoms with E-state index in [-0.39, 0.29) is 10.8 Å². The predicted molar refractivity (Wildman–Crippen MR) is 85.3 cm³/mol. The maximum Gasteiger partial charge on any atom is 0.251 e. The van der Waals surface area contributed by atoms with Gasteiger partial charge in [-0.05, 0) is 36.6 Å². The van der Waals surface area contributed by atoms with E-state index in [1.807, 2.05) is 13.8 Å². The van der Waals surface area contributed by atoms with Crippen LogP contribution in [-0.4, -0.2) is 41.1 Å². The number of amides is 1. The van der Waals surface area contributed by atoms with E-state index in [9.17, 15) is 13.2 Å². The molecule has 0 aliphatic heterocycles. The molecule has 7 heteroatoms. The fourth-order valence-electron chi connectivity index (χ4n) is 1.69. The Morgan fingerprint density at radius 1 is 1.23 bits per heavy atom. The van der Waals surface area contributed by atoms with Crippen molar-refractivity contribution >= 4 is 15.9 Å². The minimum atomic E-state index is -3.55. The van der Waals surface area contributed by atoms with Crippen LogP contribution in [0.2, 0.25) is 0 Å². The van der Waals surface area contributed by atoms with Gasteiger partial charge in [-0.1, -0.05) is 13.8 Å². The molecule has 1 aromatic carbocycles. The molecule has 1 aromatic rings. The van der Waals surface area contributed by atoms with Gasteiger partial charge in [0.2, 0.25) is 10.0 Å². The number of carbonyl (C=O) groups is 1. The molecule has 0 unspecified atom stereocenters. The minimum absolute atomic E-state index is 0.144. The Labute approximate surface area is 132 Å². The van der Waals surface area contributed by atoms with Gasteiger partial charge >= 0.3 is 0 Å². The molecule has 0 atom stereocenters. The van der Waals surface area contributed by atoms with Crippen LogP contribution in [0.3, 0.4) is 0 Å². The van der Waals surface area contributed by atoms with Gasteiger partial charge in [0.1, 0.15) is 0 Å². The van der Waals surface area contributed by atoms with Crippen molar-refractivity contribution in [3.8, 4) is 0 Å². The second kappa shape index (κ2) is 8.87. The Balaban J connectivity index is 2.65. The van der Waals surface area contributed by atoms with Gasteiger partial charge in [-0.3, -0.25) is 4.79 Å². The maximum atomic E-state index is 12.0. The predicted octanol–water partition coefficient (Wildman–Crippen LogP) is 1.39. The molecule has 0 radical (unpaired) electrons. The van der Waals surface area contributed by atoms with Gasteiger partial charge < -0.3 is 10.1 Å². The van der Waals surface area contributed by atoms with Gasteiger partial charge in [0, 0.05) is 32.4 Å². The summed E-state index contributed by atoms with van der Waals surface area (Å²) in [5.74, 6) is 0.158. The lowest BCUT2D eigenvalue weighted by Crippen LogP contribution is -2.28. The van der Waals surface area contributed by atoms with Gasteiger partial charge in [0.05, 0.1) is 4.90 Å². The highest BCUT2D eigenvalue weighted by molar-refractivity contribution is 7.89. The first kappa shape index (κ1) is 18.6. The molecule has 0 aliphatic rings. The van der Waals surface area contributed by atoms with Crippen LogP contribution in [-0.2, 0) is 14.8 Å².